The molecule has 4 heteroatoms. The van der Waals surface area contributed by atoms with Gasteiger partial charge in [0.05, 0.1) is 5.56 Å². The summed E-state index contributed by atoms with van der Waals surface area (Å²) < 4.78 is 38.4. The van der Waals surface area contributed by atoms with E-state index in [4.69, 9.17) is 0 Å². The fourth-order valence-electron chi connectivity index (χ4n) is 3.89. The summed E-state index contributed by atoms with van der Waals surface area (Å²) in [5, 5.41) is 3.37. The maximum atomic E-state index is 12.8. The van der Waals surface area contributed by atoms with Gasteiger partial charge in [-0.3, -0.25) is 0 Å². The van der Waals surface area contributed by atoms with Crippen LogP contribution in [0, 0.1) is 12.3 Å². The first-order valence-corrected chi connectivity index (χ1v) is 7.69. The van der Waals surface area contributed by atoms with Crippen molar-refractivity contribution >= 4 is 0 Å². The van der Waals surface area contributed by atoms with Crippen LogP contribution in [0.4, 0.5) is 13.2 Å². The molecule has 21 heavy (non-hydrogen) atoms. The van der Waals surface area contributed by atoms with Gasteiger partial charge in [0.1, 0.15) is 0 Å². The number of benzene rings is 1. The maximum absolute atomic E-state index is 12.8. The van der Waals surface area contributed by atoms with E-state index in [1.165, 1.54) is 25.0 Å². The Morgan fingerprint density at radius 3 is 2.29 bits per heavy atom. The zero-order valence-electron chi connectivity index (χ0n) is 13.0. The van der Waals surface area contributed by atoms with Crippen LogP contribution in [-0.4, -0.2) is 7.05 Å². The average molecular weight is 299 g/mol. The van der Waals surface area contributed by atoms with Gasteiger partial charge in [0.15, 0.2) is 0 Å². The minimum atomic E-state index is -4.27. The molecule has 118 valence electrons. The normalized spacial score (nSPS) is 19.7. The van der Waals surface area contributed by atoms with Crippen LogP contribution < -0.4 is 5.32 Å². The molecule has 1 nitrogen and oxygen atoms in total. The van der Waals surface area contributed by atoms with Crippen LogP contribution in [0.1, 0.15) is 61.8 Å². The topological polar surface area (TPSA) is 12.0 Å². The lowest BCUT2D eigenvalue weighted by molar-refractivity contribution is -0.137. The molecule has 0 radical (unpaired) electrons. The van der Waals surface area contributed by atoms with Gasteiger partial charge in [0.25, 0.3) is 0 Å². The molecule has 0 aliphatic heterocycles. The predicted molar refractivity (Wildman–Crippen MR) is 79.2 cm³/mol. The van der Waals surface area contributed by atoms with Crippen LogP contribution in [0.25, 0.3) is 0 Å². The highest BCUT2D eigenvalue weighted by molar-refractivity contribution is 5.36. The summed E-state index contributed by atoms with van der Waals surface area (Å²) in [6.07, 6.45) is 1.51. The average Bonchev–Trinajstić information content (AvgIpc) is 2.90. The van der Waals surface area contributed by atoms with Gasteiger partial charge in [0.2, 0.25) is 0 Å². The quantitative estimate of drug-likeness (QED) is 0.801. The third-order valence-electron chi connectivity index (χ3n) is 5.11. The van der Waals surface area contributed by atoms with Crippen molar-refractivity contribution in [2.45, 2.75) is 58.2 Å². The molecule has 0 saturated heterocycles. The molecule has 0 bridgehead atoms. The predicted octanol–water partition coefficient (Wildman–Crippen LogP) is 5.24. The van der Waals surface area contributed by atoms with Crippen LogP contribution in [0.5, 0.6) is 0 Å². The Bertz CT molecular complexity index is 487. The smallest absolute Gasteiger partial charge is 0.313 e. The van der Waals surface area contributed by atoms with E-state index in [0.717, 1.165) is 30.4 Å². The molecule has 1 aliphatic carbocycles. The van der Waals surface area contributed by atoms with E-state index in [2.05, 4.69) is 12.2 Å². The molecule has 1 saturated carbocycles. The van der Waals surface area contributed by atoms with Crippen molar-refractivity contribution < 1.29 is 13.2 Å². The van der Waals surface area contributed by atoms with E-state index in [1.807, 2.05) is 7.05 Å². The van der Waals surface area contributed by atoms with E-state index >= 15 is 0 Å². The number of hydrogen-bond acceptors (Lipinski definition) is 1. The van der Waals surface area contributed by atoms with Crippen molar-refractivity contribution in [3.63, 3.8) is 0 Å². The molecule has 0 spiro atoms. The summed E-state index contributed by atoms with van der Waals surface area (Å²) in [5.74, 6) is 0. The van der Waals surface area contributed by atoms with Gasteiger partial charge in [0, 0.05) is 6.04 Å². The zero-order valence-corrected chi connectivity index (χ0v) is 13.0. The first-order valence-electron chi connectivity index (χ1n) is 7.69. The van der Waals surface area contributed by atoms with E-state index in [0.29, 0.717) is 0 Å². The Morgan fingerprint density at radius 1 is 1.24 bits per heavy atom. The second-order valence-corrected chi connectivity index (χ2v) is 6.21. The number of nitrogens with one attached hydrogen (secondary N) is 1. The molecule has 0 amide bonds. The van der Waals surface area contributed by atoms with Crippen molar-refractivity contribution in [1.29, 1.82) is 0 Å². The summed E-state index contributed by atoms with van der Waals surface area (Å²) in [6.45, 7) is 3.97. The Labute approximate surface area is 124 Å². The van der Waals surface area contributed by atoms with Crippen LogP contribution in [0.3, 0.4) is 0 Å². The van der Waals surface area contributed by atoms with Crippen molar-refractivity contribution in [3.8, 4) is 0 Å². The Morgan fingerprint density at radius 2 is 1.86 bits per heavy atom. The SMILES string of the molecule is CCC1(C(NC)c2ccc(C(F)(F)F)cc2C)CCCC1. The lowest BCUT2D eigenvalue weighted by atomic mass is 9.72. The maximum Gasteiger partial charge on any atom is 0.416 e. The molecular formula is C17H24F3N. The summed E-state index contributed by atoms with van der Waals surface area (Å²) in [6, 6.07) is 4.28. The Balaban J connectivity index is 2.39. The molecule has 1 fully saturated rings. The van der Waals surface area contributed by atoms with Crippen LogP contribution in [-0.2, 0) is 6.18 Å². The second kappa shape index (κ2) is 5.99. The lowest BCUT2D eigenvalue weighted by Crippen LogP contribution is -2.34. The van der Waals surface area contributed by atoms with Crippen molar-refractivity contribution in [2.24, 2.45) is 5.41 Å². The van der Waals surface area contributed by atoms with Gasteiger partial charge in [-0.25, -0.2) is 0 Å². The molecular weight excluding hydrogens is 275 g/mol. The van der Waals surface area contributed by atoms with Crippen molar-refractivity contribution in [2.75, 3.05) is 7.05 Å². The number of halogens is 3. The first-order chi connectivity index (χ1) is 9.84. The molecule has 2 rings (SSSR count). The van der Waals surface area contributed by atoms with E-state index in [1.54, 1.807) is 13.0 Å². The second-order valence-electron chi connectivity index (χ2n) is 6.21. The summed E-state index contributed by atoms with van der Waals surface area (Å²) >= 11 is 0. The van der Waals surface area contributed by atoms with E-state index in [9.17, 15) is 13.2 Å². The van der Waals surface area contributed by atoms with Gasteiger partial charge in [-0.15, -0.1) is 0 Å². The van der Waals surface area contributed by atoms with Crippen LogP contribution in [0.15, 0.2) is 18.2 Å². The highest BCUT2D eigenvalue weighted by atomic mass is 19.4. The van der Waals surface area contributed by atoms with Gasteiger partial charge in [-0.1, -0.05) is 25.8 Å². The fourth-order valence-corrected chi connectivity index (χ4v) is 3.89. The zero-order chi connectivity index (χ0) is 15.7. The summed E-state index contributed by atoms with van der Waals surface area (Å²) in [5.41, 5.74) is 1.35. The van der Waals surface area contributed by atoms with Crippen LogP contribution >= 0.6 is 0 Å². The minimum Gasteiger partial charge on any atom is -0.313 e. The number of alkyl halides is 3. The van der Waals surface area contributed by atoms with Crippen molar-refractivity contribution in [1.82, 2.24) is 5.32 Å². The summed E-state index contributed by atoms with van der Waals surface area (Å²) in [4.78, 5) is 0. The third kappa shape index (κ3) is 3.10. The Hall–Kier alpha value is -1.03. The van der Waals surface area contributed by atoms with Gasteiger partial charge < -0.3 is 5.32 Å². The number of aryl methyl sites for hydroxylation is 1. The number of rotatable bonds is 4. The number of hydrogen-bond donors (Lipinski definition) is 1. The van der Waals surface area contributed by atoms with Gasteiger partial charge in [-0.2, -0.15) is 13.2 Å². The highest BCUT2D eigenvalue weighted by Gasteiger charge is 2.40. The molecule has 0 aromatic heterocycles. The molecule has 1 atom stereocenters. The van der Waals surface area contributed by atoms with Crippen molar-refractivity contribution in [3.05, 3.63) is 34.9 Å². The minimum absolute atomic E-state index is 0.132. The molecule has 1 aromatic rings. The van der Waals surface area contributed by atoms with E-state index < -0.39 is 11.7 Å². The lowest BCUT2D eigenvalue weighted by Gasteiger charge is -2.38. The molecule has 0 heterocycles. The highest BCUT2D eigenvalue weighted by Crippen LogP contribution is 2.50. The summed E-state index contributed by atoms with van der Waals surface area (Å²) in [7, 11) is 1.91. The molecule has 1 unspecified atom stereocenters. The van der Waals surface area contributed by atoms with Crippen LogP contribution in [0.2, 0.25) is 0 Å². The standard InChI is InChI=1S/C17H24F3N/c1-4-16(9-5-6-10-16)15(21-3)14-8-7-13(11-12(14)2)17(18,19)20/h7-8,11,15,21H,4-6,9-10H2,1-3H3. The monoisotopic (exact) mass is 299 g/mol. The van der Waals surface area contributed by atoms with Gasteiger partial charge >= 0.3 is 6.18 Å². The Kier molecular flexibility index (Phi) is 4.66. The molecule has 1 N–H and O–H groups in total. The first kappa shape index (κ1) is 16.3. The van der Waals surface area contributed by atoms with Gasteiger partial charge in [-0.05, 0) is 61.9 Å². The fraction of sp³-hybridized carbons (Fsp3) is 0.647. The molecule has 1 aromatic carbocycles. The van der Waals surface area contributed by atoms with E-state index in [-0.39, 0.29) is 11.5 Å². The largest absolute Gasteiger partial charge is 0.416 e. The molecule has 1 aliphatic rings. The third-order valence-corrected chi connectivity index (χ3v) is 5.11.